The van der Waals surface area contributed by atoms with Crippen LogP contribution in [0, 0.1) is 0 Å². The van der Waals surface area contributed by atoms with Crippen molar-refractivity contribution in [3.8, 4) is 22.8 Å². The molecule has 0 spiro atoms. The van der Waals surface area contributed by atoms with E-state index in [1.54, 1.807) is 25.6 Å². The summed E-state index contributed by atoms with van der Waals surface area (Å²) in [5, 5.41) is 4.28. The smallest absolute Gasteiger partial charge is 0.187 e. The molecule has 0 amide bonds. The minimum absolute atomic E-state index is 0.825. The van der Waals surface area contributed by atoms with E-state index in [0.29, 0.717) is 0 Å². The molecule has 0 unspecified atom stereocenters. The van der Waals surface area contributed by atoms with Crippen molar-refractivity contribution in [3.63, 3.8) is 0 Å². The van der Waals surface area contributed by atoms with Crippen LogP contribution in [0.1, 0.15) is 18.2 Å². The summed E-state index contributed by atoms with van der Waals surface area (Å²) in [5.74, 6) is 1.68. The molecule has 0 saturated carbocycles. The number of rotatable bonds is 7. The first kappa shape index (κ1) is 17.3. The normalized spacial score (nSPS) is 10.5. The number of aromatic nitrogens is 1. The highest BCUT2D eigenvalue weighted by Gasteiger charge is 2.13. The standard InChI is InChI=1S/C20H22N2O2S/c1-4-6-18-19(14-9-11-16(23-2)12-10-14)22-20(25-18)21-15-7-5-8-17(13-15)24-3/h5,7-13H,4,6H2,1-3H3,(H,21,22). The van der Waals surface area contributed by atoms with Crippen LogP contribution in [0.4, 0.5) is 10.8 Å². The van der Waals surface area contributed by atoms with Crippen LogP contribution in [-0.4, -0.2) is 19.2 Å². The van der Waals surface area contributed by atoms with Crippen molar-refractivity contribution >= 4 is 22.2 Å². The number of hydrogen-bond donors (Lipinski definition) is 1. The van der Waals surface area contributed by atoms with Crippen molar-refractivity contribution in [2.75, 3.05) is 19.5 Å². The van der Waals surface area contributed by atoms with Gasteiger partial charge in [0.05, 0.1) is 19.9 Å². The second-order valence-corrected chi connectivity index (χ2v) is 6.71. The molecule has 25 heavy (non-hydrogen) atoms. The highest BCUT2D eigenvalue weighted by Crippen LogP contribution is 2.34. The Labute approximate surface area is 152 Å². The van der Waals surface area contributed by atoms with Gasteiger partial charge in [-0.05, 0) is 42.8 Å². The average Bonchev–Trinajstić information content (AvgIpc) is 3.04. The lowest BCUT2D eigenvalue weighted by molar-refractivity contribution is 0.415. The lowest BCUT2D eigenvalue weighted by atomic mass is 10.1. The van der Waals surface area contributed by atoms with Crippen molar-refractivity contribution in [3.05, 3.63) is 53.4 Å². The Kier molecular flexibility index (Phi) is 5.56. The first-order valence-electron chi connectivity index (χ1n) is 8.28. The van der Waals surface area contributed by atoms with Crippen LogP contribution in [0.3, 0.4) is 0 Å². The number of ether oxygens (including phenoxy) is 2. The third kappa shape index (κ3) is 4.12. The second-order valence-electron chi connectivity index (χ2n) is 5.63. The van der Waals surface area contributed by atoms with E-state index in [9.17, 15) is 0 Å². The maximum Gasteiger partial charge on any atom is 0.187 e. The third-order valence-corrected chi connectivity index (χ3v) is 4.89. The summed E-state index contributed by atoms with van der Waals surface area (Å²) < 4.78 is 10.5. The second kappa shape index (κ2) is 8.03. The first-order chi connectivity index (χ1) is 12.2. The number of methoxy groups -OCH3 is 2. The highest BCUT2D eigenvalue weighted by atomic mass is 32.1. The van der Waals surface area contributed by atoms with Crippen molar-refractivity contribution in [1.29, 1.82) is 0 Å². The number of anilines is 2. The molecule has 0 bridgehead atoms. The van der Waals surface area contributed by atoms with Crippen LogP contribution in [0.25, 0.3) is 11.3 Å². The minimum Gasteiger partial charge on any atom is -0.497 e. The minimum atomic E-state index is 0.825. The predicted octanol–water partition coefficient (Wildman–Crippen LogP) is 5.52. The van der Waals surface area contributed by atoms with E-state index >= 15 is 0 Å². The molecule has 0 atom stereocenters. The summed E-state index contributed by atoms with van der Waals surface area (Å²) in [4.78, 5) is 6.12. The van der Waals surface area contributed by atoms with E-state index in [1.807, 2.05) is 36.4 Å². The van der Waals surface area contributed by atoms with E-state index in [4.69, 9.17) is 14.5 Å². The molecule has 3 rings (SSSR count). The van der Waals surface area contributed by atoms with E-state index in [-0.39, 0.29) is 0 Å². The molecule has 4 nitrogen and oxygen atoms in total. The quantitative estimate of drug-likeness (QED) is 0.606. The van der Waals surface area contributed by atoms with Gasteiger partial charge >= 0.3 is 0 Å². The lowest BCUT2D eigenvalue weighted by Crippen LogP contribution is -1.91. The Morgan fingerprint density at radius 1 is 1.00 bits per heavy atom. The summed E-state index contributed by atoms with van der Waals surface area (Å²) in [6.45, 7) is 2.19. The van der Waals surface area contributed by atoms with Gasteiger partial charge < -0.3 is 14.8 Å². The molecule has 0 aliphatic heterocycles. The first-order valence-corrected chi connectivity index (χ1v) is 9.10. The Hall–Kier alpha value is -2.53. The number of nitrogens with zero attached hydrogens (tertiary/aromatic N) is 1. The largest absolute Gasteiger partial charge is 0.497 e. The Bertz CT molecular complexity index is 828. The van der Waals surface area contributed by atoms with Crippen LogP contribution in [-0.2, 0) is 6.42 Å². The zero-order valence-corrected chi connectivity index (χ0v) is 15.5. The van der Waals surface area contributed by atoms with E-state index in [0.717, 1.165) is 46.4 Å². The fraction of sp³-hybridized carbons (Fsp3) is 0.250. The molecule has 1 heterocycles. The fourth-order valence-electron chi connectivity index (χ4n) is 2.60. The molecule has 0 radical (unpaired) electrons. The van der Waals surface area contributed by atoms with Crippen molar-refractivity contribution in [2.24, 2.45) is 0 Å². The van der Waals surface area contributed by atoms with E-state index in [2.05, 4.69) is 24.4 Å². The van der Waals surface area contributed by atoms with Gasteiger partial charge in [0.2, 0.25) is 0 Å². The van der Waals surface area contributed by atoms with Crippen molar-refractivity contribution in [1.82, 2.24) is 4.98 Å². The maximum atomic E-state index is 5.28. The van der Waals surface area contributed by atoms with Gasteiger partial charge in [-0.1, -0.05) is 19.4 Å². The van der Waals surface area contributed by atoms with E-state index < -0.39 is 0 Å². The van der Waals surface area contributed by atoms with Gasteiger partial charge in [0.1, 0.15) is 11.5 Å². The Morgan fingerprint density at radius 2 is 1.76 bits per heavy atom. The van der Waals surface area contributed by atoms with Gasteiger partial charge in [0.25, 0.3) is 0 Å². The molecule has 0 fully saturated rings. The predicted molar refractivity (Wildman–Crippen MR) is 104 cm³/mol. The van der Waals surface area contributed by atoms with E-state index in [1.165, 1.54) is 4.88 Å². The van der Waals surface area contributed by atoms with Crippen LogP contribution < -0.4 is 14.8 Å². The molecule has 0 aliphatic carbocycles. The Morgan fingerprint density at radius 3 is 2.44 bits per heavy atom. The lowest BCUT2D eigenvalue weighted by Gasteiger charge is -2.05. The molecule has 1 N–H and O–H groups in total. The van der Waals surface area contributed by atoms with Crippen molar-refractivity contribution < 1.29 is 9.47 Å². The van der Waals surface area contributed by atoms with Crippen LogP contribution in [0.15, 0.2) is 48.5 Å². The molecule has 1 aromatic heterocycles. The molecule has 5 heteroatoms. The monoisotopic (exact) mass is 354 g/mol. The van der Waals surface area contributed by atoms with Crippen LogP contribution >= 0.6 is 11.3 Å². The number of thiazole rings is 1. The number of aryl methyl sites for hydroxylation is 1. The molecule has 130 valence electrons. The number of nitrogens with one attached hydrogen (secondary N) is 1. The molecule has 3 aromatic rings. The van der Waals surface area contributed by atoms with Gasteiger partial charge in [-0.3, -0.25) is 0 Å². The summed E-state index contributed by atoms with van der Waals surface area (Å²) >= 11 is 1.70. The zero-order valence-electron chi connectivity index (χ0n) is 14.7. The molecular weight excluding hydrogens is 332 g/mol. The zero-order chi connectivity index (χ0) is 17.6. The molecule has 2 aromatic carbocycles. The van der Waals surface area contributed by atoms with Crippen molar-refractivity contribution in [2.45, 2.75) is 19.8 Å². The number of hydrogen-bond acceptors (Lipinski definition) is 5. The third-order valence-electron chi connectivity index (χ3n) is 3.86. The SMILES string of the molecule is CCCc1sc(Nc2cccc(OC)c2)nc1-c1ccc(OC)cc1. The molecule has 0 aliphatic rings. The molecule has 0 saturated heterocycles. The maximum absolute atomic E-state index is 5.28. The highest BCUT2D eigenvalue weighted by molar-refractivity contribution is 7.16. The van der Waals surface area contributed by atoms with Crippen LogP contribution in [0.5, 0.6) is 11.5 Å². The topological polar surface area (TPSA) is 43.4 Å². The summed E-state index contributed by atoms with van der Waals surface area (Å²) in [7, 11) is 3.35. The number of benzene rings is 2. The average molecular weight is 354 g/mol. The summed E-state index contributed by atoms with van der Waals surface area (Å²) in [6.07, 6.45) is 2.10. The van der Waals surface area contributed by atoms with Gasteiger partial charge in [-0.25, -0.2) is 4.98 Å². The van der Waals surface area contributed by atoms with Gasteiger partial charge in [-0.2, -0.15) is 0 Å². The molecular formula is C20H22N2O2S. The van der Waals surface area contributed by atoms with Crippen LogP contribution in [0.2, 0.25) is 0 Å². The van der Waals surface area contributed by atoms with Gasteiger partial charge in [-0.15, -0.1) is 11.3 Å². The fourth-order valence-corrected chi connectivity index (χ4v) is 3.71. The summed E-state index contributed by atoms with van der Waals surface area (Å²) in [6, 6.07) is 15.9. The Balaban J connectivity index is 1.90. The summed E-state index contributed by atoms with van der Waals surface area (Å²) in [5.41, 5.74) is 3.12. The van der Waals surface area contributed by atoms with Gasteiger partial charge in [0, 0.05) is 22.2 Å². The van der Waals surface area contributed by atoms with Gasteiger partial charge in [0.15, 0.2) is 5.13 Å².